The molecule has 0 atom stereocenters. The Labute approximate surface area is 247 Å². The lowest BCUT2D eigenvalue weighted by molar-refractivity contribution is 0.0734. The largest absolute Gasteiger partial charge is 0.492 e. The summed E-state index contributed by atoms with van der Waals surface area (Å²) < 4.78 is 23.0. The van der Waals surface area contributed by atoms with Crippen LogP contribution in [0.25, 0.3) is 11.1 Å². The minimum Gasteiger partial charge on any atom is -0.492 e. The molecule has 0 unspecified atom stereocenters. The maximum Gasteiger partial charge on any atom is 0.343 e. The van der Waals surface area contributed by atoms with Crippen LogP contribution in [0, 0.1) is 0 Å². The number of likely N-dealkylation sites (tertiary alicyclic amines) is 1. The third-order valence-corrected chi connectivity index (χ3v) is 7.76. The van der Waals surface area contributed by atoms with Gasteiger partial charge in [-0.25, -0.2) is 4.79 Å². The summed E-state index contributed by atoms with van der Waals surface area (Å²) in [6, 6.07) is 31.1. The predicted molar refractivity (Wildman–Crippen MR) is 164 cm³/mol. The zero-order chi connectivity index (χ0) is 28.7. The van der Waals surface area contributed by atoms with Gasteiger partial charge in [0.2, 0.25) is 6.79 Å². The van der Waals surface area contributed by atoms with Gasteiger partial charge in [-0.3, -0.25) is 4.90 Å². The summed E-state index contributed by atoms with van der Waals surface area (Å²) in [6.45, 7) is 6.37. The second-order valence-corrected chi connectivity index (χ2v) is 10.5. The van der Waals surface area contributed by atoms with Crippen LogP contribution in [0.15, 0.2) is 97.1 Å². The van der Waals surface area contributed by atoms with Gasteiger partial charge < -0.3 is 18.9 Å². The molecule has 4 aromatic carbocycles. The highest BCUT2D eigenvalue weighted by Gasteiger charge is 2.19. The molecule has 1 saturated heterocycles. The Balaban J connectivity index is 1.29. The van der Waals surface area contributed by atoms with E-state index >= 15 is 0 Å². The van der Waals surface area contributed by atoms with E-state index in [4.69, 9.17) is 18.9 Å². The van der Waals surface area contributed by atoms with Gasteiger partial charge in [0.15, 0.2) is 11.5 Å². The third kappa shape index (κ3) is 6.34. The minimum absolute atomic E-state index is 0.235. The molecule has 0 spiro atoms. The van der Waals surface area contributed by atoms with E-state index in [1.54, 1.807) is 12.1 Å². The summed E-state index contributed by atoms with van der Waals surface area (Å²) in [5.41, 5.74) is 5.95. The van der Waals surface area contributed by atoms with Crippen LogP contribution < -0.4 is 18.9 Å². The first-order chi connectivity index (χ1) is 20.7. The average molecular weight is 562 g/mol. The number of nitrogens with zero attached hydrogens (tertiary/aromatic N) is 1. The van der Waals surface area contributed by atoms with Crippen LogP contribution in [0.2, 0.25) is 0 Å². The van der Waals surface area contributed by atoms with Crippen molar-refractivity contribution < 1.29 is 23.7 Å². The van der Waals surface area contributed by atoms with Crippen molar-refractivity contribution >= 4 is 17.1 Å². The molecule has 6 rings (SSSR count). The monoisotopic (exact) mass is 561 g/mol. The van der Waals surface area contributed by atoms with Gasteiger partial charge >= 0.3 is 5.97 Å². The summed E-state index contributed by atoms with van der Waals surface area (Å²) in [5, 5.41) is 0. The topological polar surface area (TPSA) is 57.2 Å². The molecule has 2 aliphatic rings. The molecular weight excluding hydrogens is 526 g/mol. The molecule has 2 heterocycles. The van der Waals surface area contributed by atoms with Gasteiger partial charge in [0.05, 0.1) is 5.56 Å². The van der Waals surface area contributed by atoms with Gasteiger partial charge in [0.1, 0.15) is 18.1 Å². The van der Waals surface area contributed by atoms with Crippen LogP contribution in [0.3, 0.4) is 0 Å². The fourth-order valence-electron chi connectivity index (χ4n) is 5.57. The standard InChI is InChI=1S/C36H35NO5/c1-2-32(29-14-19-33-34(24-29)41-25-40-33)35(26-10-15-30(16-11-26)39-23-22-37-20-6-7-21-37)27-12-17-31(18-13-27)42-36(38)28-8-4-3-5-9-28/h3-5,8-19,24H,2,6-7,20-23,25H2,1H3. The smallest absolute Gasteiger partial charge is 0.343 e. The van der Waals surface area contributed by atoms with Gasteiger partial charge in [-0.2, -0.15) is 0 Å². The molecule has 0 saturated carbocycles. The number of benzene rings is 4. The van der Waals surface area contributed by atoms with Crippen LogP contribution in [0.4, 0.5) is 0 Å². The fraction of sp³-hybridized carbons (Fsp3) is 0.250. The van der Waals surface area contributed by atoms with Crippen LogP contribution in [0.1, 0.15) is 53.2 Å². The first-order valence-electron chi connectivity index (χ1n) is 14.6. The third-order valence-electron chi connectivity index (χ3n) is 7.76. The van der Waals surface area contributed by atoms with Gasteiger partial charge in [-0.05, 0) is 109 Å². The first-order valence-corrected chi connectivity index (χ1v) is 14.6. The average Bonchev–Trinajstić information content (AvgIpc) is 3.73. The van der Waals surface area contributed by atoms with Crippen LogP contribution in [-0.2, 0) is 0 Å². The molecule has 6 nitrogen and oxygen atoms in total. The maximum absolute atomic E-state index is 12.6. The molecule has 0 amide bonds. The molecule has 0 aromatic heterocycles. The van der Waals surface area contributed by atoms with Crippen molar-refractivity contribution in [3.8, 4) is 23.0 Å². The summed E-state index contributed by atoms with van der Waals surface area (Å²) in [6.07, 6.45) is 3.36. The number of rotatable bonds is 10. The second-order valence-electron chi connectivity index (χ2n) is 10.5. The van der Waals surface area contributed by atoms with Gasteiger partial charge in [0.25, 0.3) is 0 Å². The molecule has 2 aliphatic heterocycles. The zero-order valence-corrected chi connectivity index (χ0v) is 23.9. The number of hydrogen-bond donors (Lipinski definition) is 0. The predicted octanol–water partition coefficient (Wildman–Crippen LogP) is 7.48. The SMILES string of the molecule is CCC(=C(c1ccc(OCCN2CCCC2)cc1)c1ccc(OC(=O)c2ccccc2)cc1)c1ccc2c(c1)OCO2. The van der Waals surface area contributed by atoms with E-state index in [1.165, 1.54) is 31.5 Å². The van der Waals surface area contributed by atoms with Crippen LogP contribution >= 0.6 is 0 Å². The number of ether oxygens (including phenoxy) is 4. The highest BCUT2D eigenvalue weighted by Crippen LogP contribution is 2.40. The molecule has 0 aliphatic carbocycles. The molecule has 214 valence electrons. The minimum atomic E-state index is -0.381. The van der Waals surface area contributed by atoms with Gasteiger partial charge in [-0.15, -0.1) is 0 Å². The lowest BCUT2D eigenvalue weighted by Gasteiger charge is -2.18. The van der Waals surface area contributed by atoms with Crippen molar-refractivity contribution in [3.05, 3.63) is 119 Å². The van der Waals surface area contributed by atoms with Crippen molar-refractivity contribution in [3.63, 3.8) is 0 Å². The first kappa shape index (κ1) is 27.6. The van der Waals surface area contributed by atoms with Crippen molar-refractivity contribution in [1.82, 2.24) is 4.90 Å². The van der Waals surface area contributed by atoms with E-state index in [0.717, 1.165) is 52.5 Å². The van der Waals surface area contributed by atoms with E-state index in [0.29, 0.717) is 17.9 Å². The molecule has 0 bridgehead atoms. The number of allylic oxidation sites excluding steroid dienone is 1. The van der Waals surface area contributed by atoms with Crippen molar-refractivity contribution in [2.45, 2.75) is 26.2 Å². The Hall–Kier alpha value is -4.55. The highest BCUT2D eigenvalue weighted by molar-refractivity contribution is 5.99. The van der Waals surface area contributed by atoms with Crippen molar-refractivity contribution in [1.29, 1.82) is 0 Å². The molecule has 42 heavy (non-hydrogen) atoms. The Morgan fingerprint density at radius 3 is 2.07 bits per heavy atom. The van der Waals surface area contributed by atoms with Crippen molar-refractivity contribution in [2.24, 2.45) is 0 Å². The summed E-state index contributed by atoms with van der Waals surface area (Å²) in [7, 11) is 0. The van der Waals surface area contributed by atoms with E-state index in [-0.39, 0.29) is 12.8 Å². The quantitative estimate of drug-likeness (QED) is 0.114. The summed E-state index contributed by atoms with van der Waals surface area (Å²) in [4.78, 5) is 15.1. The van der Waals surface area contributed by atoms with Crippen LogP contribution in [0.5, 0.6) is 23.0 Å². The number of esters is 1. The molecular formula is C36H35NO5. The van der Waals surface area contributed by atoms with E-state index in [1.807, 2.05) is 66.7 Å². The highest BCUT2D eigenvalue weighted by atomic mass is 16.7. The second kappa shape index (κ2) is 13.0. The van der Waals surface area contributed by atoms with E-state index in [2.05, 4.69) is 30.0 Å². The summed E-state index contributed by atoms with van der Waals surface area (Å²) >= 11 is 0. The fourth-order valence-corrected chi connectivity index (χ4v) is 5.57. The Bertz CT molecular complexity index is 1540. The normalized spacial score (nSPS) is 14.9. The van der Waals surface area contributed by atoms with Crippen LogP contribution in [-0.4, -0.2) is 43.9 Å². The number of carbonyl (C=O) groups is 1. The zero-order valence-electron chi connectivity index (χ0n) is 23.9. The lowest BCUT2D eigenvalue weighted by Crippen LogP contribution is -2.25. The van der Waals surface area contributed by atoms with E-state index in [9.17, 15) is 4.79 Å². The molecule has 1 fully saturated rings. The van der Waals surface area contributed by atoms with Gasteiger partial charge in [0, 0.05) is 6.54 Å². The Morgan fingerprint density at radius 2 is 1.38 bits per heavy atom. The number of carbonyl (C=O) groups excluding carboxylic acids is 1. The number of hydrogen-bond acceptors (Lipinski definition) is 6. The maximum atomic E-state index is 12.6. The molecule has 0 radical (unpaired) electrons. The molecule has 0 N–H and O–H groups in total. The number of fused-ring (bicyclic) bond motifs is 1. The summed E-state index contributed by atoms with van der Waals surface area (Å²) in [5.74, 6) is 2.49. The van der Waals surface area contributed by atoms with E-state index < -0.39 is 0 Å². The van der Waals surface area contributed by atoms with Gasteiger partial charge in [-0.1, -0.05) is 55.5 Å². The van der Waals surface area contributed by atoms with Crippen molar-refractivity contribution in [2.75, 3.05) is 33.0 Å². The Kier molecular flexibility index (Phi) is 8.52. The Morgan fingerprint density at radius 1 is 0.738 bits per heavy atom. The molecule has 4 aromatic rings. The molecule has 6 heteroatoms. The lowest BCUT2D eigenvalue weighted by atomic mass is 9.88.